The maximum Gasteiger partial charge on any atom is 0.0341 e. The Morgan fingerprint density at radius 1 is 1.12 bits per heavy atom. The zero-order valence-corrected chi connectivity index (χ0v) is 5.95. The van der Waals surface area contributed by atoms with Gasteiger partial charge in [-0.1, -0.05) is 0 Å². The summed E-state index contributed by atoms with van der Waals surface area (Å²) in [6.45, 7) is 0.739. The standard InChI is InChI=1S/C4H8Cl2NO/c5-1-3-7(8)4-2-6/h1-4H2/q-1. The molecule has 0 bridgehead atoms. The Labute approximate surface area is 58.9 Å². The van der Waals surface area contributed by atoms with E-state index in [0.717, 1.165) is 5.06 Å². The fourth-order valence-corrected chi connectivity index (χ4v) is 0.677. The third-order valence-electron chi connectivity index (χ3n) is 0.668. The molecule has 0 saturated heterocycles. The first-order chi connectivity index (χ1) is 3.81. The second-order valence-corrected chi connectivity index (χ2v) is 2.06. The molecule has 0 atom stereocenters. The molecule has 0 aliphatic heterocycles. The number of hydrogen-bond donors (Lipinski definition) is 0. The van der Waals surface area contributed by atoms with E-state index in [-0.39, 0.29) is 0 Å². The van der Waals surface area contributed by atoms with Crippen LogP contribution in [0.5, 0.6) is 0 Å². The van der Waals surface area contributed by atoms with Crippen LogP contribution in [-0.2, 0) is 0 Å². The van der Waals surface area contributed by atoms with E-state index in [9.17, 15) is 5.21 Å². The van der Waals surface area contributed by atoms with Crippen molar-refractivity contribution in [3.05, 3.63) is 5.21 Å². The Bertz CT molecular complexity index is 47.3. The molecule has 0 aliphatic rings. The molecule has 0 spiro atoms. The van der Waals surface area contributed by atoms with Gasteiger partial charge in [0, 0.05) is 11.8 Å². The molecule has 0 aromatic heterocycles. The Kier molecular flexibility index (Phi) is 5.99. The minimum Gasteiger partial charge on any atom is -0.785 e. The highest BCUT2D eigenvalue weighted by molar-refractivity contribution is 6.18. The van der Waals surface area contributed by atoms with E-state index in [4.69, 9.17) is 23.2 Å². The summed E-state index contributed by atoms with van der Waals surface area (Å²) < 4.78 is 0. The number of alkyl halides is 2. The average Bonchev–Trinajstić information content (AvgIpc) is 1.68. The van der Waals surface area contributed by atoms with Crippen LogP contribution < -0.4 is 0 Å². The van der Waals surface area contributed by atoms with Gasteiger partial charge in [-0.15, -0.1) is 23.2 Å². The van der Waals surface area contributed by atoms with Gasteiger partial charge in [0.2, 0.25) is 0 Å². The number of halogens is 2. The summed E-state index contributed by atoms with van der Waals surface area (Å²) in [5, 5.41) is 11.2. The monoisotopic (exact) mass is 156 g/mol. The lowest BCUT2D eigenvalue weighted by Crippen LogP contribution is -2.20. The number of nitrogens with zero attached hydrogens (tertiary/aromatic N) is 1. The van der Waals surface area contributed by atoms with Crippen molar-refractivity contribution in [1.29, 1.82) is 0 Å². The SMILES string of the molecule is [O-]N(CCCl)CCCl. The topological polar surface area (TPSA) is 26.3 Å². The zero-order valence-electron chi connectivity index (χ0n) is 4.44. The minimum atomic E-state index is 0.369. The molecule has 0 heterocycles. The van der Waals surface area contributed by atoms with Gasteiger partial charge in [-0.3, -0.25) is 0 Å². The predicted octanol–water partition coefficient (Wildman–Crippen LogP) is 1.26. The van der Waals surface area contributed by atoms with Crippen molar-refractivity contribution in [2.75, 3.05) is 24.8 Å². The lowest BCUT2D eigenvalue weighted by atomic mass is 10.6. The third kappa shape index (κ3) is 4.65. The molecule has 0 aromatic rings. The Morgan fingerprint density at radius 3 is 1.75 bits per heavy atom. The zero-order chi connectivity index (χ0) is 6.41. The molecule has 4 heteroatoms. The van der Waals surface area contributed by atoms with E-state index in [1.165, 1.54) is 0 Å². The van der Waals surface area contributed by atoms with Crippen molar-refractivity contribution < 1.29 is 0 Å². The highest BCUT2D eigenvalue weighted by atomic mass is 35.5. The second kappa shape index (κ2) is 5.63. The summed E-state index contributed by atoms with van der Waals surface area (Å²) in [6.07, 6.45) is 0. The molecule has 0 saturated carbocycles. The number of hydroxylamine groups is 2. The van der Waals surface area contributed by atoms with Crippen molar-refractivity contribution in [2.24, 2.45) is 0 Å². The molecule has 8 heavy (non-hydrogen) atoms. The van der Waals surface area contributed by atoms with Crippen LogP contribution in [0.15, 0.2) is 0 Å². The predicted molar refractivity (Wildman–Crippen MR) is 36.4 cm³/mol. The van der Waals surface area contributed by atoms with Gasteiger partial charge in [-0.25, -0.2) is 0 Å². The molecule has 0 aromatic carbocycles. The van der Waals surface area contributed by atoms with Gasteiger partial charge < -0.3 is 10.3 Å². The third-order valence-corrected chi connectivity index (χ3v) is 1.01. The van der Waals surface area contributed by atoms with Crippen LogP contribution in [-0.4, -0.2) is 29.9 Å². The van der Waals surface area contributed by atoms with Crippen LogP contribution in [0.2, 0.25) is 0 Å². The van der Waals surface area contributed by atoms with Crippen molar-refractivity contribution >= 4 is 23.2 Å². The van der Waals surface area contributed by atoms with E-state index in [1.807, 2.05) is 0 Å². The fraction of sp³-hybridized carbons (Fsp3) is 1.00. The van der Waals surface area contributed by atoms with E-state index in [2.05, 4.69) is 0 Å². The van der Waals surface area contributed by atoms with Gasteiger partial charge in [0.15, 0.2) is 0 Å². The van der Waals surface area contributed by atoms with Crippen molar-refractivity contribution in [3.63, 3.8) is 0 Å². The lowest BCUT2D eigenvalue weighted by molar-refractivity contribution is 0.426. The summed E-state index contributed by atoms with van der Waals surface area (Å²) in [5.74, 6) is 0.751. The van der Waals surface area contributed by atoms with Gasteiger partial charge >= 0.3 is 0 Å². The van der Waals surface area contributed by atoms with Gasteiger partial charge in [0.25, 0.3) is 0 Å². The average molecular weight is 157 g/mol. The largest absolute Gasteiger partial charge is 0.785 e. The number of rotatable bonds is 4. The molecule has 0 amide bonds. The van der Waals surface area contributed by atoms with Gasteiger partial charge in [-0.2, -0.15) is 0 Å². The molecule has 0 fully saturated rings. The molecular formula is C4H8Cl2NO-. The van der Waals surface area contributed by atoms with E-state index >= 15 is 0 Å². The van der Waals surface area contributed by atoms with Crippen LogP contribution in [0.1, 0.15) is 0 Å². The highest BCUT2D eigenvalue weighted by Gasteiger charge is 1.85. The summed E-state index contributed by atoms with van der Waals surface area (Å²) >= 11 is 10.5. The Balaban J connectivity index is 2.92. The first-order valence-corrected chi connectivity index (χ1v) is 3.42. The van der Waals surface area contributed by atoms with Gasteiger partial charge in [-0.05, 0) is 13.1 Å². The first-order valence-electron chi connectivity index (χ1n) is 2.35. The maximum absolute atomic E-state index is 10.4. The highest BCUT2D eigenvalue weighted by Crippen LogP contribution is 1.86. The molecule has 0 radical (unpaired) electrons. The number of hydrogen-bond acceptors (Lipinski definition) is 2. The first kappa shape index (κ1) is 8.50. The normalized spacial score (nSPS) is 10.5. The maximum atomic E-state index is 10.4. The molecule has 0 rings (SSSR count). The Morgan fingerprint density at radius 2 is 1.50 bits per heavy atom. The summed E-state index contributed by atoms with van der Waals surface area (Å²) in [5.41, 5.74) is 0. The van der Waals surface area contributed by atoms with E-state index in [1.54, 1.807) is 0 Å². The fourth-order valence-electron chi connectivity index (χ4n) is 0.300. The summed E-state index contributed by atoms with van der Waals surface area (Å²) in [4.78, 5) is 0. The van der Waals surface area contributed by atoms with Crippen LogP contribution in [0.3, 0.4) is 0 Å². The van der Waals surface area contributed by atoms with E-state index in [0.29, 0.717) is 24.8 Å². The van der Waals surface area contributed by atoms with E-state index < -0.39 is 0 Å². The van der Waals surface area contributed by atoms with Gasteiger partial charge in [0.1, 0.15) is 0 Å². The molecule has 2 nitrogen and oxygen atoms in total. The van der Waals surface area contributed by atoms with Crippen LogP contribution in [0, 0.1) is 5.21 Å². The molecular weight excluding hydrogens is 149 g/mol. The second-order valence-electron chi connectivity index (χ2n) is 1.31. The quantitative estimate of drug-likeness (QED) is 0.453. The summed E-state index contributed by atoms with van der Waals surface area (Å²) in [6, 6.07) is 0. The van der Waals surface area contributed by atoms with Crippen molar-refractivity contribution in [1.82, 2.24) is 5.06 Å². The molecule has 50 valence electrons. The summed E-state index contributed by atoms with van der Waals surface area (Å²) in [7, 11) is 0. The van der Waals surface area contributed by atoms with Crippen molar-refractivity contribution in [3.8, 4) is 0 Å². The van der Waals surface area contributed by atoms with Crippen LogP contribution >= 0.6 is 23.2 Å². The molecule has 0 aliphatic carbocycles. The van der Waals surface area contributed by atoms with Crippen LogP contribution in [0.25, 0.3) is 0 Å². The lowest BCUT2D eigenvalue weighted by Gasteiger charge is -2.25. The molecule has 0 unspecified atom stereocenters. The molecule has 0 N–H and O–H groups in total. The minimum absolute atomic E-state index is 0.369. The van der Waals surface area contributed by atoms with Crippen molar-refractivity contribution in [2.45, 2.75) is 0 Å². The Hall–Kier alpha value is 0.500. The van der Waals surface area contributed by atoms with Crippen LogP contribution in [0.4, 0.5) is 0 Å². The smallest absolute Gasteiger partial charge is 0.0341 e. The van der Waals surface area contributed by atoms with Gasteiger partial charge in [0.05, 0.1) is 0 Å².